The molecule has 0 bridgehead atoms. The number of aryl methyl sites for hydroxylation is 1. The third-order valence-electron chi connectivity index (χ3n) is 2.74. The molecule has 0 fully saturated rings. The first-order chi connectivity index (χ1) is 10.0. The summed E-state index contributed by atoms with van der Waals surface area (Å²) in [6, 6.07) is 2.02. The molecular formula is C13H17BrN4O2S. The first kappa shape index (κ1) is 16.1. The second-order valence-electron chi connectivity index (χ2n) is 4.76. The van der Waals surface area contributed by atoms with Gasteiger partial charge in [-0.3, -0.25) is 4.79 Å². The number of halogens is 1. The predicted molar refractivity (Wildman–Crippen MR) is 84.9 cm³/mol. The number of hydrogen-bond donors (Lipinski definition) is 2. The fraction of sp³-hybridized carbons (Fsp3) is 0.462. The van der Waals surface area contributed by atoms with Gasteiger partial charge in [-0.25, -0.2) is 0 Å². The van der Waals surface area contributed by atoms with Gasteiger partial charge in [0.1, 0.15) is 0 Å². The van der Waals surface area contributed by atoms with Gasteiger partial charge >= 0.3 is 0 Å². The van der Waals surface area contributed by atoms with Gasteiger partial charge in [0.25, 0.3) is 0 Å². The molecule has 0 saturated carbocycles. The molecule has 0 radical (unpaired) electrons. The average Bonchev–Trinajstić information content (AvgIpc) is 3.04. The molecule has 2 rings (SSSR count). The van der Waals surface area contributed by atoms with Crippen molar-refractivity contribution in [1.29, 1.82) is 0 Å². The summed E-state index contributed by atoms with van der Waals surface area (Å²) >= 11 is 4.91. The Bertz CT molecular complexity index is 597. The molecule has 1 atom stereocenters. The zero-order chi connectivity index (χ0) is 15.2. The highest BCUT2D eigenvalue weighted by Gasteiger charge is 2.12. The van der Waals surface area contributed by atoms with Gasteiger partial charge in [-0.15, -0.1) is 11.3 Å². The zero-order valence-corrected chi connectivity index (χ0v) is 14.0. The maximum absolute atomic E-state index is 11.6. The number of carbonyl (C=O) groups is 1. The van der Waals surface area contributed by atoms with E-state index in [-0.39, 0.29) is 11.9 Å². The number of thiophene rings is 1. The maximum Gasteiger partial charge on any atom is 0.227 e. The SMILES string of the molecule is CC(N)CCNC(=O)CCc1nc(-c2cc(Br)cs2)no1. The molecule has 8 heteroatoms. The molecule has 3 N–H and O–H groups in total. The number of rotatable bonds is 7. The second-order valence-corrected chi connectivity index (χ2v) is 6.58. The van der Waals surface area contributed by atoms with Gasteiger partial charge in [-0.1, -0.05) is 5.16 Å². The van der Waals surface area contributed by atoms with Crippen molar-refractivity contribution >= 4 is 33.2 Å². The molecule has 0 aromatic carbocycles. The summed E-state index contributed by atoms with van der Waals surface area (Å²) in [4.78, 5) is 16.8. The first-order valence-electron chi connectivity index (χ1n) is 6.64. The van der Waals surface area contributed by atoms with Gasteiger partial charge in [0.2, 0.25) is 17.6 Å². The third-order valence-corrected chi connectivity index (χ3v) is 4.43. The van der Waals surface area contributed by atoms with Crippen LogP contribution in [0.4, 0.5) is 0 Å². The molecule has 0 aliphatic heterocycles. The van der Waals surface area contributed by atoms with E-state index in [1.807, 2.05) is 18.4 Å². The van der Waals surface area contributed by atoms with E-state index >= 15 is 0 Å². The largest absolute Gasteiger partial charge is 0.356 e. The Balaban J connectivity index is 1.79. The summed E-state index contributed by atoms with van der Waals surface area (Å²) in [5.41, 5.74) is 5.62. The number of hydrogen-bond acceptors (Lipinski definition) is 6. The monoisotopic (exact) mass is 372 g/mol. The minimum Gasteiger partial charge on any atom is -0.356 e. The lowest BCUT2D eigenvalue weighted by atomic mass is 10.2. The topological polar surface area (TPSA) is 94.0 Å². The lowest BCUT2D eigenvalue weighted by molar-refractivity contribution is -0.121. The van der Waals surface area contributed by atoms with Crippen molar-refractivity contribution < 1.29 is 9.32 Å². The second kappa shape index (κ2) is 7.67. The Morgan fingerprint density at radius 2 is 2.43 bits per heavy atom. The molecule has 1 amide bonds. The highest BCUT2D eigenvalue weighted by molar-refractivity contribution is 9.10. The van der Waals surface area contributed by atoms with E-state index < -0.39 is 0 Å². The summed E-state index contributed by atoms with van der Waals surface area (Å²) in [7, 11) is 0. The van der Waals surface area contributed by atoms with Gasteiger partial charge in [0.05, 0.1) is 4.88 Å². The van der Waals surface area contributed by atoms with Gasteiger partial charge in [-0.05, 0) is 35.3 Å². The molecular weight excluding hydrogens is 356 g/mol. The van der Waals surface area contributed by atoms with E-state index in [1.54, 1.807) is 0 Å². The molecule has 0 aliphatic carbocycles. The molecule has 2 heterocycles. The molecule has 21 heavy (non-hydrogen) atoms. The van der Waals surface area contributed by atoms with Gasteiger partial charge < -0.3 is 15.6 Å². The van der Waals surface area contributed by atoms with Crippen molar-refractivity contribution in [2.24, 2.45) is 5.73 Å². The van der Waals surface area contributed by atoms with Gasteiger partial charge in [0.15, 0.2) is 0 Å². The van der Waals surface area contributed by atoms with Crippen molar-refractivity contribution in [3.8, 4) is 10.7 Å². The van der Waals surface area contributed by atoms with Crippen molar-refractivity contribution in [2.45, 2.75) is 32.2 Å². The minimum absolute atomic E-state index is 0.0331. The number of amides is 1. The summed E-state index contributed by atoms with van der Waals surface area (Å²) < 4.78 is 6.14. The van der Waals surface area contributed by atoms with E-state index in [1.165, 1.54) is 11.3 Å². The Morgan fingerprint density at radius 1 is 1.62 bits per heavy atom. The number of nitrogens with zero attached hydrogens (tertiary/aromatic N) is 2. The molecule has 2 aromatic heterocycles. The Hall–Kier alpha value is -1.25. The standard InChI is InChI=1S/C13H17BrN4O2S/c1-8(15)4-5-16-11(19)2-3-12-17-13(18-20-12)10-6-9(14)7-21-10/h6-8H,2-5,15H2,1H3,(H,16,19). The van der Waals surface area contributed by atoms with E-state index in [4.69, 9.17) is 10.3 Å². The van der Waals surface area contributed by atoms with Crippen LogP contribution in [-0.4, -0.2) is 28.6 Å². The lowest BCUT2D eigenvalue weighted by Gasteiger charge is -2.06. The maximum atomic E-state index is 11.6. The van der Waals surface area contributed by atoms with Crippen LogP contribution < -0.4 is 11.1 Å². The zero-order valence-electron chi connectivity index (χ0n) is 11.6. The normalized spacial score (nSPS) is 12.3. The Kier molecular flexibility index (Phi) is 5.89. The molecule has 0 aliphatic rings. The van der Waals surface area contributed by atoms with Crippen LogP contribution in [0.5, 0.6) is 0 Å². The van der Waals surface area contributed by atoms with Crippen molar-refractivity contribution in [1.82, 2.24) is 15.5 Å². The summed E-state index contributed by atoms with van der Waals surface area (Å²) in [6.07, 6.45) is 1.53. The number of aromatic nitrogens is 2. The quantitative estimate of drug-likeness (QED) is 0.777. The number of nitrogens with one attached hydrogen (secondary N) is 1. The van der Waals surface area contributed by atoms with E-state index in [9.17, 15) is 4.79 Å². The van der Waals surface area contributed by atoms with E-state index in [0.29, 0.717) is 31.1 Å². The summed E-state index contributed by atoms with van der Waals surface area (Å²) in [5.74, 6) is 0.990. The van der Waals surface area contributed by atoms with Crippen LogP contribution >= 0.6 is 27.3 Å². The Morgan fingerprint density at radius 3 is 3.10 bits per heavy atom. The van der Waals surface area contributed by atoms with Gasteiger partial charge in [-0.2, -0.15) is 4.98 Å². The van der Waals surface area contributed by atoms with Gasteiger partial charge in [0, 0.05) is 35.3 Å². The fourth-order valence-electron chi connectivity index (χ4n) is 1.63. The molecule has 0 saturated heterocycles. The number of carbonyl (C=O) groups excluding carboxylic acids is 1. The molecule has 114 valence electrons. The van der Waals surface area contributed by atoms with Crippen LogP contribution in [-0.2, 0) is 11.2 Å². The highest BCUT2D eigenvalue weighted by Crippen LogP contribution is 2.27. The van der Waals surface area contributed by atoms with Crippen LogP contribution in [0.1, 0.15) is 25.7 Å². The average molecular weight is 373 g/mol. The lowest BCUT2D eigenvalue weighted by Crippen LogP contribution is -2.29. The number of nitrogens with two attached hydrogens (primary N) is 1. The van der Waals surface area contributed by atoms with Crippen molar-refractivity contribution in [2.75, 3.05) is 6.54 Å². The summed E-state index contributed by atoms with van der Waals surface area (Å²) in [5, 5.41) is 8.69. The minimum atomic E-state index is -0.0331. The highest BCUT2D eigenvalue weighted by atomic mass is 79.9. The van der Waals surface area contributed by atoms with Crippen LogP contribution in [0.3, 0.4) is 0 Å². The predicted octanol–water partition coefficient (Wildman–Crippen LogP) is 2.35. The van der Waals surface area contributed by atoms with Crippen LogP contribution in [0.25, 0.3) is 10.7 Å². The molecule has 1 unspecified atom stereocenters. The fourth-order valence-corrected chi connectivity index (χ4v) is 2.99. The molecule has 2 aromatic rings. The van der Waals surface area contributed by atoms with Crippen molar-refractivity contribution in [3.63, 3.8) is 0 Å². The van der Waals surface area contributed by atoms with E-state index in [2.05, 4.69) is 31.4 Å². The van der Waals surface area contributed by atoms with E-state index in [0.717, 1.165) is 15.8 Å². The third kappa shape index (κ3) is 5.22. The summed E-state index contributed by atoms with van der Waals surface area (Å²) in [6.45, 7) is 2.50. The van der Waals surface area contributed by atoms with Crippen LogP contribution in [0.2, 0.25) is 0 Å². The van der Waals surface area contributed by atoms with Crippen LogP contribution in [0.15, 0.2) is 20.4 Å². The smallest absolute Gasteiger partial charge is 0.227 e. The first-order valence-corrected chi connectivity index (χ1v) is 8.31. The molecule has 6 nitrogen and oxygen atoms in total. The van der Waals surface area contributed by atoms with Crippen LogP contribution in [0, 0.1) is 0 Å². The Labute approximate surface area is 135 Å². The van der Waals surface area contributed by atoms with Crippen molar-refractivity contribution in [3.05, 3.63) is 21.8 Å². The molecule has 0 spiro atoms.